The van der Waals surface area contributed by atoms with Crippen molar-refractivity contribution in [1.29, 1.82) is 0 Å². The summed E-state index contributed by atoms with van der Waals surface area (Å²) in [6.45, 7) is 0.918. The van der Waals surface area contributed by atoms with Crippen LogP contribution in [0.5, 0.6) is 5.75 Å². The van der Waals surface area contributed by atoms with Gasteiger partial charge in [0.25, 0.3) is 0 Å². The van der Waals surface area contributed by atoms with Crippen LogP contribution >= 0.6 is 11.6 Å². The van der Waals surface area contributed by atoms with Crippen LogP contribution in [0.3, 0.4) is 0 Å². The van der Waals surface area contributed by atoms with Gasteiger partial charge in [0.15, 0.2) is 0 Å². The highest BCUT2D eigenvalue weighted by molar-refractivity contribution is 6.20. The van der Waals surface area contributed by atoms with Crippen molar-refractivity contribution in [2.75, 3.05) is 13.7 Å². The van der Waals surface area contributed by atoms with Crippen LogP contribution in [0, 0.1) is 0 Å². The lowest BCUT2D eigenvalue weighted by Gasteiger charge is -2.23. The monoisotopic (exact) mass is 197 g/mol. The predicted molar refractivity (Wildman–Crippen MR) is 53.3 cm³/mol. The summed E-state index contributed by atoms with van der Waals surface area (Å²) < 4.78 is 5.27. The second-order valence-corrected chi connectivity index (χ2v) is 3.53. The summed E-state index contributed by atoms with van der Waals surface area (Å²) in [5.74, 6) is 0.949. The molecule has 2 nitrogen and oxygen atoms in total. The smallest absolute Gasteiger partial charge is 0.122 e. The number of halogens is 1. The molecular weight excluding hydrogens is 186 g/mol. The minimum atomic E-state index is -0.0705. The van der Waals surface area contributed by atoms with E-state index in [-0.39, 0.29) is 5.50 Å². The van der Waals surface area contributed by atoms with Gasteiger partial charge in [0, 0.05) is 12.1 Å². The highest BCUT2D eigenvalue weighted by Crippen LogP contribution is 2.31. The molecule has 0 fully saturated rings. The SMILES string of the molecule is COc1cccc2c1CCNC2Cl. The van der Waals surface area contributed by atoms with Crippen LogP contribution < -0.4 is 10.1 Å². The van der Waals surface area contributed by atoms with E-state index in [1.807, 2.05) is 18.2 Å². The van der Waals surface area contributed by atoms with Gasteiger partial charge in [-0.1, -0.05) is 12.1 Å². The Morgan fingerprint density at radius 1 is 1.54 bits per heavy atom. The molecule has 1 N–H and O–H groups in total. The lowest BCUT2D eigenvalue weighted by molar-refractivity contribution is 0.405. The Morgan fingerprint density at radius 3 is 3.15 bits per heavy atom. The minimum absolute atomic E-state index is 0.0705. The maximum atomic E-state index is 6.11. The molecular formula is C10H12ClNO. The number of fused-ring (bicyclic) bond motifs is 1. The van der Waals surface area contributed by atoms with Crippen molar-refractivity contribution < 1.29 is 4.74 Å². The maximum absolute atomic E-state index is 6.11. The molecule has 0 amide bonds. The van der Waals surface area contributed by atoms with Crippen LogP contribution in [-0.2, 0) is 6.42 Å². The molecule has 1 aliphatic rings. The van der Waals surface area contributed by atoms with Crippen molar-refractivity contribution in [3.8, 4) is 5.75 Å². The molecule has 1 heterocycles. The fourth-order valence-electron chi connectivity index (χ4n) is 1.71. The van der Waals surface area contributed by atoms with Crippen LogP contribution in [0.1, 0.15) is 16.6 Å². The summed E-state index contributed by atoms with van der Waals surface area (Å²) in [6.07, 6.45) is 0.989. The molecule has 1 aromatic rings. The zero-order valence-electron chi connectivity index (χ0n) is 7.51. The summed E-state index contributed by atoms with van der Waals surface area (Å²) in [6, 6.07) is 6.00. The van der Waals surface area contributed by atoms with Crippen LogP contribution in [0.4, 0.5) is 0 Å². The maximum Gasteiger partial charge on any atom is 0.122 e. The number of methoxy groups -OCH3 is 1. The Balaban J connectivity index is 2.48. The first-order chi connectivity index (χ1) is 6.33. The molecule has 0 aliphatic carbocycles. The second-order valence-electron chi connectivity index (χ2n) is 3.09. The van der Waals surface area contributed by atoms with E-state index in [1.54, 1.807) is 7.11 Å². The zero-order valence-corrected chi connectivity index (χ0v) is 8.27. The van der Waals surface area contributed by atoms with E-state index in [9.17, 15) is 0 Å². The van der Waals surface area contributed by atoms with E-state index in [0.29, 0.717) is 0 Å². The number of ether oxygens (including phenoxy) is 1. The molecule has 0 aromatic heterocycles. The normalized spacial score (nSPS) is 20.9. The highest BCUT2D eigenvalue weighted by Gasteiger charge is 2.19. The van der Waals surface area contributed by atoms with Gasteiger partial charge in [0.1, 0.15) is 11.3 Å². The fraction of sp³-hybridized carbons (Fsp3) is 0.400. The third-order valence-electron chi connectivity index (χ3n) is 2.36. The van der Waals surface area contributed by atoms with E-state index < -0.39 is 0 Å². The number of benzene rings is 1. The van der Waals surface area contributed by atoms with Crippen molar-refractivity contribution in [2.45, 2.75) is 11.9 Å². The van der Waals surface area contributed by atoms with Crippen molar-refractivity contribution in [1.82, 2.24) is 5.32 Å². The molecule has 1 unspecified atom stereocenters. The van der Waals surface area contributed by atoms with Gasteiger partial charge in [-0.3, -0.25) is 5.32 Å². The third-order valence-corrected chi connectivity index (χ3v) is 2.75. The molecule has 0 radical (unpaired) electrons. The average Bonchev–Trinajstić information content (AvgIpc) is 2.18. The Labute approximate surface area is 82.9 Å². The molecule has 13 heavy (non-hydrogen) atoms. The molecule has 0 spiro atoms. The first kappa shape index (κ1) is 8.85. The van der Waals surface area contributed by atoms with Crippen LogP contribution in [0.15, 0.2) is 18.2 Å². The molecule has 0 saturated carbocycles. The van der Waals surface area contributed by atoms with E-state index in [0.717, 1.165) is 24.3 Å². The van der Waals surface area contributed by atoms with Gasteiger partial charge < -0.3 is 4.74 Å². The number of hydrogen-bond donors (Lipinski definition) is 1. The van der Waals surface area contributed by atoms with E-state index in [4.69, 9.17) is 16.3 Å². The van der Waals surface area contributed by atoms with Crippen molar-refractivity contribution in [2.24, 2.45) is 0 Å². The lowest BCUT2D eigenvalue weighted by Crippen LogP contribution is -2.26. The summed E-state index contributed by atoms with van der Waals surface area (Å²) >= 11 is 6.11. The van der Waals surface area contributed by atoms with Crippen LogP contribution in [-0.4, -0.2) is 13.7 Å². The second kappa shape index (κ2) is 3.56. The fourth-order valence-corrected chi connectivity index (χ4v) is 2.03. The average molecular weight is 198 g/mol. The van der Waals surface area contributed by atoms with Gasteiger partial charge in [0.05, 0.1) is 7.11 Å². The molecule has 1 aromatic carbocycles. The van der Waals surface area contributed by atoms with Crippen LogP contribution in [0.2, 0.25) is 0 Å². The van der Waals surface area contributed by atoms with Crippen molar-refractivity contribution >= 4 is 11.6 Å². The first-order valence-corrected chi connectivity index (χ1v) is 4.80. The molecule has 2 rings (SSSR count). The summed E-state index contributed by atoms with van der Waals surface area (Å²) in [5, 5.41) is 3.20. The van der Waals surface area contributed by atoms with Gasteiger partial charge in [-0.05, 0) is 18.1 Å². The molecule has 0 saturated heterocycles. The third kappa shape index (κ3) is 1.52. The van der Waals surface area contributed by atoms with E-state index >= 15 is 0 Å². The minimum Gasteiger partial charge on any atom is -0.496 e. The molecule has 3 heteroatoms. The van der Waals surface area contributed by atoms with Gasteiger partial charge in [-0.15, -0.1) is 11.6 Å². The number of rotatable bonds is 1. The van der Waals surface area contributed by atoms with Gasteiger partial charge in [-0.25, -0.2) is 0 Å². The number of nitrogens with one attached hydrogen (secondary N) is 1. The quantitative estimate of drug-likeness (QED) is 0.550. The summed E-state index contributed by atoms with van der Waals surface area (Å²) in [5.41, 5.74) is 2.31. The first-order valence-electron chi connectivity index (χ1n) is 4.36. The van der Waals surface area contributed by atoms with E-state index in [2.05, 4.69) is 5.32 Å². The Morgan fingerprint density at radius 2 is 2.38 bits per heavy atom. The molecule has 0 bridgehead atoms. The standard InChI is InChI=1S/C10H12ClNO/c1-13-9-4-2-3-8-7(9)5-6-12-10(8)11/h2-4,10,12H,5-6H2,1H3. The summed E-state index contributed by atoms with van der Waals surface area (Å²) in [7, 11) is 1.70. The molecule has 70 valence electrons. The van der Waals surface area contributed by atoms with Gasteiger partial charge >= 0.3 is 0 Å². The van der Waals surface area contributed by atoms with Crippen molar-refractivity contribution in [3.05, 3.63) is 29.3 Å². The van der Waals surface area contributed by atoms with Crippen molar-refractivity contribution in [3.63, 3.8) is 0 Å². The number of hydrogen-bond acceptors (Lipinski definition) is 2. The molecule has 1 aliphatic heterocycles. The van der Waals surface area contributed by atoms with Gasteiger partial charge in [-0.2, -0.15) is 0 Å². The topological polar surface area (TPSA) is 21.3 Å². The zero-order chi connectivity index (χ0) is 9.26. The van der Waals surface area contributed by atoms with Gasteiger partial charge in [0.2, 0.25) is 0 Å². The molecule has 1 atom stereocenters. The van der Waals surface area contributed by atoms with Crippen LogP contribution in [0.25, 0.3) is 0 Å². The highest BCUT2D eigenvalue weighted by atomic mass is 35.5. The lowest BCUT2D eigenvalue weighted by atomic mass is 10.00. The van der Waals surface area contributed by atoms with E-state index in [1.165, 1.54) is 5.56 Å². The Bertz CT molecular complexity index is 314. The largest absolute Gasteiger partial charge is 0.496 e. The summed E-state index contributed by atoms with van der Waals surface area (Å²) in [4.78, 5) is 0. The number of alkyl halides is 1. The Hall–Kier alpha value is -0.730. The Kier molecular flexibility index (Phi) is 2.42. The predicted octanol–water partition coefficient (Wildman–Crippen LogP) is 2.08.